The van der Waals surface area contributed by atoms with Gasteiger partial charge in [-0.05, 0) is 33.5 Å². The fourth-order valence-corrected chi connectivity index (χ4v) is 2.60. The number of nitrogens with two attached hydrogens (primary N) is 2. The zero-order valence-corrected chi connectivity index (χ0v) is 12.8. The molecule has 3 rings (SSSR count). The fourth-order valence-electron chi connectivity index (χ4n) is 2.60. The summed E-state index contributed by atoms with van der Waals surface area (Å²) in [5, 5.41) is 9.74. The molecule has 0 aromatic heterocycles. The molecule has 0 amide bonds. The Labute approximate surface area is 135 Å². The molecule has 3 heteroatoms. The summed E-state index contributed by atoms with van der Waals surface area (Å²) >= 11 is 0. The van der Waals surface area contributed by atoms with E-state index in [9.17, 15) is 0 Å². The van der Waals surface area contributed by atoms with E-state index in [2.05, 4.69) is 30.4 Å². The Morgan fingerprint density at radius 1 is 0.913 bits per heavy atom. The average molecular weight is 301 g/mol. The summed E-state index contributed by atoms with van der Waals surface area (Å²) in [5.41, 5.74) is 15.4. The molecule has 5 N–H and O–H groups in total. The molecule has 0 aliphatic carbocycles. The Morgan fingerprint density at radius 2 is 1.61 bits per heavy atom. The molecule has 0 heterocycles. The number of amidine groups is 1. The van der Waals surface area contributed by atoms with Gasteiger partial charge < -0.3 is 11.5 Å². The summed E-state index contributed by atoms with van der Waals surface area (Å²) in [4.78, 5) is 0. The predicted molar refractivity (Wildman–Crippen MR) is 98.2 cm³/mol. The van der Waals surface area contributed by atoms with Crippen molar-refractivity contribution >= 4 is 28.8 Å². The number of rotatable bonds is 4. The summed E-state index contributed by atoms with van der Waals surface area (Å²) in [6.07, 6.45) is 4.16. The minimum Gasteiger partial charge on any atom is -0.384 e. The maximum atomic E-state index is 7.65. The van der Waals surface area contributed by atoms with E-state index in [1.807, 2.05) is 42.5 Å². The van der Waals surface area contributed by atoms with Crippen LogP contribution in [0, 0.1) is 5.41 Å². The normalized spacial score (nSPS) is 11.2. The van der Waals surface area contributed by atoms with Gasteiger partial charge in [-0.3, -0.25) is 5.41 Å². The Morgan fingerprint density at radius 3 is 2.30 bits per heavy atom. The van der Waals surface area contributed by atoms with Crippen molar-refractivity contribution in [2.24, 2.45) is 11.5 Å². The number of hydrogen-bond donors (Lipinski definition) is 3. The Balaban J connectivity index is 1.91. The van der Waals surface area contributed by atoms with Crippen molar-refractivity contribution in [3.63, 3.8) is 0 Å². The molecular weight excluding hydrogens is 282 g/mol. The molecule has 0 aliphatic heterocycles. The highest BCUT2D eigenvalue weighted by molar-refractivity contribution is 6.07. The third kappa shape index (κ3) is 3.30. The third-order valence-electron chi connectivity index (χ3n) is 3.88. The van der Waals surface area contributed by atoms with E-state index in [1.165, 1.54) is 0 Å². The van der Waals surface area contributed by atoms with E-state index in [0.717, 1.165) is 33.0 Å². The zero-order valence-electron chi connectivity index (χ0n) is 12.8. The van der Waals surface area contributed by atoms with Crippen molar-refractivity contribution in [3.05, 3.63) is 82.9 Å². The van der Waals surface area contributed by atoms with Crippen LogP contribution in [0.25, 0.3) is 22.9 Å². The Bertz CT molecular complexity index is 877. The van der Waals surface area contributed by atoms with E-state index in [1.54, 1.807) is 0 Å². The first-order valence-electron chi connectivity index (χ1n) is 7.51. The molecule has 23 heavy (non-hydrogen) atoms. The molecule has 0 atom stereocenters. The molecule has 3 aromatic carbocycles. The lowest BCUT2D eigenvalue weighted by molar-refractivity contribution is 1.07. The smallest absolute Gasteiger partial charge is 0.123 e. The SMILES string of the molecule is N=C(N)c1cccc2cc(C=Cc3ccc(CN)cc3)ccc12. The van der Waals surface area contributed by atoms with Crippen molar-refractivity contribution in [1.29, 1.82) is 5.41 Å². The highest BCUT2D eigenvalue weighted by atomic mass is 14.7. The second kappa shape index (κ2) is 6.46. The molecule has 0 saturated carbocycles. The van der Waals surface area contributed by atoms with Crippen molar-refractivity contribution in [3.8, 4) is 0 Å². The minimum absolute atomic E-state index is 0.0962. The fraction of sp³-hybridized carbons (Fsp3) is 0.0500. The molecular formula is C20H19N3. The van der Waals surface area contributed by atoms with E-state index in [0.29, 0.717) is 6.54 Å². The lowest BCUT2D eigenvalue weighted by Crippen LogP contribution is -2.11. The minimum atomic E-state index is 0.0962. The van der Waals surface area contributed by atoms with E-state index < -0.39 is 0 Å². The van der Waals surface area contributed by atoms with Gasteiger partial charge in [0, 0.05) is 12.1 Å². The molecule has 0 radical (unpaired) electrons. The molecule has 0 fully saturated rings. The van der Waals surface area contributed by atoms with Crippen molar-refractivity contribution in [2.75, 3.05) is 0 Å². The summed E-state index contributed by atoms with van der Waals surface area (Å²) in [6, 6.07) is 20.2. The molecule has 0 spiro atoms. The molecule has 0 saturated heterocycles. The molecule has 0 aliphatic rings. The number of hydrogen-bond acceptors (Lipinski definition) is 2. The standard InChI is InChI=1S/C20H19N3/c21-13-16-8-5-14(6-9-16)4-7-15-10-11-18-17(12-15)2-1-3-19(18)20(22)23/h1-12H,13,21H2,(H3,22,23). The van der Waals surface area contributed by atoms with Gasteiger partial charge in [0.2, 0.25) is 0 Å². The largest absolute Gasteiger partial charge is 0.384 e. The maximum Gasteiger partial charge on any atom is 0.123 e. The first-order chi connectivity index (χ1) is 11.2. The van der Waals surface area contributed by atoms with Crippen LogP contribution in [0.4, 0.5) is 0 Å². The third-order valence-corrected chi connectivity index (χ3v) is 3.88. The average Bonchev–Trinajstić information content (AvgIpc) is 2.59. The van der Waals surface area contributed by atoms with Gasteiger partial charge >= 0.3 is 0 Å². The van der Waals surface area contributed by atoms with Gasteiger partial charge in [0.15, 0.2) is 0 Å². The van der Waals surface area contributed by atoms with Crippen LogP contribution >= 0.6 is 0 Å². The quantitative estimate of drug-likeness (QED) is 0.390. The van der Waals surface area contributed by atoms with Crippen LogP contribution in [0.3, 0.4) is 0 Å². The van der Waals surface area contributed by atoms with Crippen LogP contribution in [0.1, 0.15) is 22.3 Å². The van der Waals surface area contributed by atoms with Gasteiger partial charge in [-0.15, -0.1) is 0 Å². The van der Waals surface area contributed by atoms with E-state index in [-0.39, 0.29) is 5.84 Å². The lowest BCUT2D eigenvalue weighted by Gasteiger charge is -2.05. The molecule has 3 nitrogen and oxygen atoms in total. The van der Waals surface area contributed by atoms with Crippen LogP contribution < -0.4 is 11.5 Å². The van der Waals surface area contributed by atoms with Crippen LogP contribution in [-0.4, -0.2) is 5.84 Å². The Hall–Kier alpha value is -2.91. The summed E-state index contributed by atoms with van der Waals surface area (Å²) < 4.78 is 0. The van der Waals surface area contributed by atoms with Crippen molar-refractivity contribution in [1.82, 2.24) is 0 Å². The van der Waals surface area contributed by atoms with Gasteiger partial charge in [-0.25, -0.2) is 0 Å². The van der Waals surface area contributed by atoms with Crippen LogP contribution in [0.5, 0.6) is 0 Å². The zero-order chi connectivity index (χ0) is 16.2. The van der Waals surface area contributed by atoms with Gasteiger partial charge in [0.05, 0.1) is 0 Å². The number of benzene rings is 3. The maximum absolute atomic E-state index is 7.65. The molecule has 114 valence electrons. The van der Waals surface area contributed by atoms with Gasteiger partial charge in [-0.2, -0.15) is 0 Å². The van der Waals surface area contributed by atoms with Gasteiger partial charge in [-0.1, -0.05) is 66.7 Å². The summed E-state index contributed by atoms with van der Waals surface area (Å²) in [5.74, 6) is 0.0962. The van der Waals surface area contributed by atoms with E-state index >= 15 is 0 Å². The second-order valence-electron chi connectivity index (χ2n) is 5.48. The first kappa shape index (κ1) is 15.0. The lowest BCUT2D eigenvalue weighted by atomic mass is 10.0. The van der Waals surface area contributed by atoms with Crippen LogP contribution in [0.15, 0.2) is 60.7 Å². The summed E-state index contributed by atoms with van der Waals surface area (Å²) in [6.45, 7) is 0.563. The van der Waals surface area contributed by atoms with Gasteiger partial charge in [0.1, 0.15) is 5.84 Å². The van der Waals surface area contributed by atoms with E-state index in [4.69, 9.17) is 16.9 Å². The van der Waals surface area contributed by atoms with Crippen LogP contribution in [-0.2, 0) is 6.54 Å². The van der Waals surface area contributed by atoms with Crippen molar-refractivity contribution < 1.29 is 0 Å². The molecule has 0 bridgehead atoms. The predicted octanol–water partition coefficient (Wildman–Crippen LogP) is 3.75. The topological polar surface area (TPSA) is 75.9 Å². The monoisotopic (exact) mass is 301 g/mol. The van der Waals surface area contributed by atoms with Crippen molar-refractivity contribution in [2.45, 2.75) is 6.54 Å². The Kier molecular flexibility index (Phi) is 4.22. The van der Waals surface area contributed by atoms with Crippen LogP contribution in [0.2, 0.25) is 0 Å². The highest BCUT2D eigenvalue weighted by Gasteiger charge is 2.03. The first-order valence-corrected chi connectivity index (χ1v) is 7.51. The number of nitrogens with one attached hydrogen (secondary N) is 1. The summed E-state index contributed by atoms with van der Waals surface area (Å²) in [7, 11) is 0. The number of fused-ring (bicyclic) bond motifs is 1. The molecule has 3 aromatic rings. The highest BCUT2D eigenvalue weighted by Crippen LogP contribution is 2.21. The second-order valence-corrected chi connectivity index (χ2v) is 5.48. The number of nitrogen functional groups attached to an aromatic ring is 1. The molecule has 0 unspecified atom stereocenters. The van der Waals surface area contributed by atoms with Gasteiger partial charge in [0.25, 0.3) is 0 Å².